The van der Waals surface area contributed by atoms with Crippen LogP contribution in [0.3, 0.4) is 0 Å². The quantitative estimate of drug-likeness (QED) is 0.862. The van der Waals surface area contributed by atoms with Gasteiger partial charge in [-0.25, -0.2) is 4.39 Å². The molecule has 1 heterocycles. The molecule has 0 fully saturated rings. The van der Waals surface area contributed by atoms with Crippen molar-refractivity contribution in [2.75, 3.05) is 24.7 Å². The van der Waals surface area contributed by atoms with Crippen LogP contribution in [0.4, 0.5) is 29.5 Å². The van der Waals surface area contributed by atoms with E-state index in [0.29, 0.717) is 12.1 Å². The molecule has 112 valence electrons. The van der Waals surface area contributed by atoms with Crippen LogP contribution in [0.5, 0.6) is 0 Å². The minimum Gasteiger partial charge on any atom is -0.368 e. The Morgan fingerprint density at radius 3 is 2.33 bits per heavy atom. The van der Waals surface area contributed by atoms with Crippen LogP contribution in [-0.4, -0.2) is 29.0 Å². The van der Waals surface area contributed by atoms with Gasteiger partial charge in [-0.15, -0.1) is 0 Å². The first-order valence-corrected chi connectivity index (χ1v) is 5.74. The van der Waals surface area contributed by atoms with E-state index in [1.54, 1.807) is 14.1 Å². The number of nitrogens with two attached hydrogens (primary N) is 1. The molecule has 0 spiro atoms. The van der Waals surface area contributed by atoms with Crippen LogP contribution in [0.25, 0.3) is 11.4 Å². The average molecular weight is 301 g/mol. The zero-order chi connectivity index (χ0) is 15.8. The van der Waals surface area contributed by atoms with Crippen LogP contribution >= 0.6 is 0 Å². The molecular weight excluding hydrogens is 290 g/mol. The maximum absolute atomic E-state index is 13.3. The van der Waals surface area contributed by atoms with Crippen molar-refractivity contribution in [2.45, 2.75) is 6.18 Å². The Kier molecular flexibility index (Phi) is 3.67. The van der Waals surface area contributed by atoms with Gasteiger partial charge in [-0.05, 0) is 18.2 Å². The number of rotatable bonds is 2. The lowest BCUT2D eigenvalue weighted by Crippen LogP contribution is -2.15. The van der Waals surface area contributed by atoms with Crippen LogP contribution in [0.1, 0.15) is 5.56 Å². The first-order valence-electron chi connectivity index (χ1n) is 5.74. The highest BCUT2D eigenvalue weighted by Gasteiger charge is 2.34. The van der Waals surface area contributed by atoms with E-state index in [1.165, 1.54) is 4.90 Å². The zero-order valence-electron chi connectivity index (χ0n) is 11.1. The molecule has 0 aliphatic carbocycles. The van der Waals surface area contributed by atoms with E-state index in [4.69, 9.17) is 5.73 Å². The first kappa shape index (κ1) is 14.9. The maximum Gasteiger partial charge on any atom is 0.419 e. The average Bonchev–Trinajstić information content (AvgIpc) is 2.37. The van der Waals surface area contributed by atoms with Crippen molar-refractivity contribution in [1.82, 2.24) is 15.0 Å². The second-order valence-corrected chi connectivity index (χ2v) is 4.40. The van der Waals surface area contributed by atoms with Crippen LogP contribution in [0, 0.1) is 5.82 Å². The Labute approximate surface area is 117 Å². The number of nitrogen functional groups attached to an aromatic ring is 1. The first-order chi connectivity index (χ1) is 9.68. The number of alkyl halides is 3. The zero-order valence-corrected chi connectivity index (χ0v) is 11.1. The van der Waals surface area contributed by atoms with Gasteiger partial charge >= 0.3 is 6.18 Å². The van der Waals surface area contributed by atoms with Crippen molar-refractivity contribution < 1.29 is 17.6 Å². The van der Waals surface area contributed by atoms with Gasteiger partial charge in [-0.3, -0.25) is 0 Å². The number of hydrogen-bond donors (Lipinski definition) is 1. The van der Waals surface area contributed by atoms with E-state index in [2.05, 4.69) is 15.0 Å². The van der Waals surface area contributed by atoms with E-state index in [-0.39, 0.29) is 23.3 Å². The highest BCUT2D eigenvalue weighted by molar-refractivity contribution is 5.59. The summed E-state index contributed by atoms with van der Waals surface area (Å²) < 4.78 is 51.4. The summed E-state index contributed by atoms with van der Waals surface area (Å²) in [5, 5.41) is 0. The molecule has 1 aromatic heterocycles. The highest BCUT2D eigenvalue weighted by atomic mass is 19.4. The molecule has 0 atom stereocenters. The Balaban J connectivity index is 2.57. The fraction of sp³-hybridized carbons (Fsp3) is 0.250. The fourth-order valence-corrected chi connectivity index (χ4v) is 1.59. The molecule has 2 rings (SSSR count). The maximum atomic E-state index is 13.3. The van der Waals surface area contributed by atoms with Crippen LogP contribution in [-0.2, 0) is 6.18 Å². The van der Waals surface area contributed by atoms with E-state index in [0.717, 1.165) is 6.07 Å². The lowest BCUT2D eigenvalue weighted by molar-refractivity contribution is -0.139. The number of aromatic nitrogens is 3. The molecule has 2 N–H and O–H groups in total. The van der Waals surface area contributed by atoms with Crippen LogP contribution in [0.2, 0.25) is 0 Å². The number of anilines is 2. The van der Waals surface area contributed by atoms with Crippen molar-refractivity contribution in [2.24, 2.45) is 0 Å². The lowest BCUT2D eigenvalue weighted by atomic mass is 10.1. The van der Waals surface area contributed by atoms with E-state index in [9.17, 15) is 17.6 Å². The van der Waals surface area contributed by atoms with Gasteiger partial charge in [0.15, 0.2) is 5.82 Å². The molecular formula is C12H11F4N5. The van der Waals surface area contributed by atoms with Gasteiger partial charge in [0.2, 0.25) is 11.9 Å². The molecule has 0 saturated carbocycles. The Bertz CT molecular complexity index is 669. The van der Waals surface area contributed by atoms with Crippen molar-refractivity contribution >= 4 is 11.9 Å². The predicted octanol–water partition coefficient (Wildman–Crippen LogP) is 2.34. The van der Waals surface area contributed by atoms with E-state index < -0.39 is 17.6 Å². The minimum atomic E-state index is -4.80. The molecule has 0 saturated heterocycles. The third-order valence-corrected chi connectivity index (χ3v) is 2.57. The SMILES string of the molecule is CN(C)c1nc(N)nc(-c2ccc(F)c(C(F)(F)F)c2)n1. The van der Waals surface area contributed by atoms with Crippen molar-refractivity contribution in [3.63, 3.8) is 0 Å². The van der Waals surface area contributed by atoms with Gasteiger partial charge in [0.25, 0.3) is 0 Å². The number of nitrogens with zero attached hydrogens (tertiary/aromatic N) is 4. The normalized spacial score (nSPS) is 11.5. The summed E-state index contributed by atoms with van der Waals surface area (Å²) in [6.45, 7) is 0. The molecule has 0 aliphatic heterocycles. The summed E-state index contributed by atoms with van der Waals surface area (Å²) in [4.78, 5) is 13.1. The Morgan fingerprint density at radius 1 is 1.10 bits per heavy atom. The number of hydrogen-bond acceptors (Lipinski definition) is 5. The van der Waals surface area contributed by atoms with Gasteiger partial charge in [-0.1, -0.05) is 0 Å². The minimum absolute atomic E-state index is 0.000856. The molecule has 21 heavy (non-hydrogen) atoms. The van der Waals surface area contributed by atoms with Crippen molar-refractivity contribution in [3.8, 4) is 11.4 Å². The van der Waals surface area contributed by atoms with Crippen LogP contribution in [0.15, 0.2) is 18.2 Å². The standard InChI is InChI=1S/C12H11F4N5/c1-21(2)11-19-9(18-10(17)20-11)6-3-4-8(13)7(5-6)12(14,15)16/h3-5H,1-2H3,(H2,17,18,19,20). The summed E-state index contributed by atoms with van der Waals surface area (Å²) >= 11 is 0. The molecule has 5 nitrogen and oxygen atoms in total. The summed E-state index contributed by atoms with van der Waals surface area (Å²) in [5.74, 6) is -1.37. The fourth-order valence-electron chi connectivity index (χ4n) is 1.59. The molecule has 0 radical (unpaired) electrons. The van der Waals surface area contributed by atoms with E-state index >= 15 is 0 Å². The lowest BCUT2D eigenvalue weighted by Gasteiger charge is -2.13. The van der Waals surface area contributed by atoms with Crippen LogP contribution < -0.4 is 10.6 Å². The molecule has 0 unspecified atom stereocenters. The van der Waals surface area contributed by atoms with Gasteiger partial charge < -0.3 is 10.6 Å². The van der Waals surface area contributed by atoms with E-state index in [1.807, 2.05) is 0 Å². The van der Waals surface area contributed by atoms with Crippen molar-refractivity contribution in [3.05, 3.63) is 29.6 Å². The molecule has 0 aliphatic rings. The Hall–Kier alpha value is -2.45. The summed E-state index contributed by atoms with van der Waals surface area (Å²) in [6.07, 6.45) is -4.80. The molecule has 0 amide bonds. The Morgan fingerprint density at radius 2 is 1.76 bits per heavy atom. The topological polar surface area (TPSA) is 67.9 Å². The van der Waals surface area contributed by atoms with Crippen molar-refractivity contribution in [1.29, 1.82) is 0 Å². The monoisotopic (exact) mass is 301 g/mol. The third-order valence-electron chi connectivity index (χ3n) is 2.57. The molecule has 9 heteroatoms. The summed E-state index contributed by atoms with van der Waals surface area (Å²) in [5.41, 5.74) is 4.12. The second-order valence-electron chi connectivity index (χ2n) is 4.40. The molecule has 1 aromatic carbocycles. The largest absolute Gasteiger partial charge is 0.419 e. The van der Waals surface area contributed by atoms with Gasteiger partial charge in [0.1, 0.15) is 5.82 Å². The van der Waals surface area contributed by atoms with Gasteiger partial charge in [-0.2, -0.15) is 28.1 Å². The second kappa shape index (κ2) is 5.15. The number of benzene rings is 1. The predicted molar refractivity (Wildman–Crippen MR) is 69.0 cm³/mol. The number of halogens is 4. The highest BCUT2D eigenvalue weighted by Crippen LogP contribution is 2.33. The smallest absolute Gasteiger partial charge is 0.368 e. The summed E-state index contributed by atoms with van der Waals surface area (Å²) in [6, 6.07) is 2.51. The van der Waals surface area contributed by atoms with Gasteiger partial charge in [0.05, 0.1) is 5.56 Å². The van der Waals surface area contributed by atoms with Gasteiger partial charge in [0, 0.05) is 19.7 Å². The molecule has 0 bridgehead atoms. The molecule has 2 aromatic rings. The summed E-state index contributed by atoms with van der Waals surface area (Å²) in [7, 11) is 3.29. The third kappa shape index (κ3) is 3.18.